The molecule has 84 valence electrons. The first-order chi connectivity index (χ1) is 8.13. The third kappa shape index (κ3) is 2.25. The van der Waals surface area contributed by atoms with Gasteiger partial charge in [-0.15, -0.1) is 12.3 Å². The number of carbonyl (C=O) groups is 1. The van der Waals surface area contributed by atoms with E-state index in [-0.39, 0.29) is 11.8 Å². The number of anilines is 1. The molecular formula is C13H9ClN2O. The number of nitrogens with zero attached hydrogens (tertiary/aromatic N) is 2. The molecule has 1 aromatic rings. The Kier molecular flexibility index (Phi) is 3.04. The zero-order valence-corrected chi connectivity index (χ0v) is 9.74. The van der Waals surface area contributed by atoms with Crippen LogP contribution in [-0.2, 0) is 4.79 Å². The third-order valence-electron chi connectivity index (χ3n) is 2.68. The Morgan fingerprint density at radius 3 is 2.82 bits per heavy atom. The molecule has 1 aliphatic rings. The lowest BCUT2D eigenvalue weighted by molar-refractivity contribution is -0.117. The second-order valence-electron chi connectivity index (χ2n) is 3.88. The van der Waals surface area contributed by atoms with Gasteiger partial charge in [0.2, 0.25) is 5.91 Å². The monoisotopic (exact) mass is 244 g/mol. The Bertz CT molecular complexity index is 554. The normalized spacial score (nSPS) is 18.9. The van der Waals surface area contributed by atoms with Crippen LogP contribution in [0.4, 0.5) is 5.69 Å². The first-order valence-electron chi connectivity index (χ1n) is 5.11. The summed E-state index contributed by atoms with van der Waals surface area (Å²) >= 11 is 5.90. The number of amides is 1. The van der Waals surface area contributed by atoms with Gasteiger partial charge in [-0.3, -0.25) is 4.79 Å². The summed E-state index contributed by atoms with van der Waals surface area (Å²) in [6.07, 6.45) is 5.67. The van der Waals surface area contributed by atoms with Gasteiger partial charge >= 0.3 is 0 Å². The maximum atomic E-state index is 11.8. The van der Waals surface area contributed by atoms with Crippen molar-refractivity contribution in [2.45, 2.75) is 6.42 Å². The Hall–Kier alpha value is -1.97. The van der Waals surface area contributed by atoms with E-state index in [1.165, 1.54) is 0 Å². The summed E-state index contributed by atoms with van der Waals surface area (Å²) in [6.45, 7) is 0.487. The lowest BCUT2D eigenvalue weighted by atomic mass is 10.1. The molecule has 0 radical (unpaired) electrons. The zero-order chi connectivity index (χ0) is 12.4. The predicted molar refractivity (Wildman–Crippen MR) is 65.5 cm³/mol. The molecule has 1 saturated heterocycles. The zero-order valence-electron chi connectivity index (χ0n) is 8.98. The largest absolute Gasteiger partial charge is 0.311 e. The molecular weight excluding hydrogens is 236 g/mol. The molecule has 3 nitrogen and oxygen atoms in total. The van der Waals surface area contributed by atoms with Crippen molar-refractivity contribution in [2.75, 3.05) is 11.4 Å². The molecule has 1 atom stereocenters. The molecule has 1 aliphatic heterocycles. The molecule has 2 rings (SSSR count). The molecule has 0 N–H and O–H groups in total. The summed E-state index contributed by atoms with van der Waals surface area (Å²) in [7, 11) is 0. The number of rotatable bonds is 1. The average Bonchev–Trinajstić information content (AvgIpc) is 2.69. The van der Waals surface area contributed by atoms with Crippen LogP contribution in [0, 0.1) is 29.6 Å². The van der Waals surface area contributed by atoms with Gasteiger partial charge < -0.3 is 4.90 Å². The van der Waals surface area contributed by atoms with E-state index < -0.39 is 0 Å². The Morgan fingerprint density at radius 2 is 2.24 bits per heavy atom. The van der Waals surface area contributed by atoms with Gasteiger partial charge in [0.05, 0.1) is 11.6 Å². The molecule has 0 bridgehead atoms. The van der Waals surface area contributed by atoms with Crippen molar-refractivity contribution < 1.29 is 4.79 Å². The fourth-order valence-electron chi connectivity index (χ4n) is 1.86. The minimum Gasteiger partial charge on any atom is -0.311 e. The highest BCUT2D eigenvalue weighted by molar-refractivity contribution is 6.31. The van der Waals surface area contributed by atoms with Crippen LogP contribution in [0.1, 0.15) is 12.0 Å². The van der Waals surface area contributed by atoms with Crippen LogP contribution in [-0.4, -0.2) is 12.5 Å². The third-order valence-corrected chi connectivity index (χ3v) is 2.90. The van der Waals surface area contributed by atoms with Crippen LogP contribution in [0.25, 0.3) is 0 Å². The maximum absolute atomic E-state index is 11.8. The van der Waals surface area contributed by atoms with Crippen LogP contribution in [0.3, 0.4) is 0 Å². The number of hydrogen-bond donors (Lipinski definition) is 0. The molecule has 17 heavy (non-hydrogen) atoms. The summed E-state index contributed by atoms with van der Waals surface area (Å²) in [5.41, 5.74) is 1.07. The topological polar surface area (TPSA) is 44.1 Å². The summed E-state index contributed by atoms with van der Waals surface area (Å²) in [4.78, 5) is 13.3. The molecule has 1 amide bonds. The molecule has 4 heteroatoms. The highest BCUT2D eigenvalue weighted by Crippen LogP contribution is 2.28. The molecule has 1 unspecified atom stereocenters. The molecule has 0 spiro atoms. The van der Waals surface area contributed by atoms with E-state index in [0.29, 0.717) is 29.2 Å². The van der Waals surface area contributed by atoms with Crippen molar-refractivity contribution in [1.82, 2.24) is 0 Å². The molecule has 1 fully saturated rings. The molecule has 1 heterocycles. The minimum absolute atomic E-state index is 0.0286. The fraction of sp³-hybridized carbons (Fsp3) is 0.231. The van der Waals surface area contributed by atoms with E-state index in [0.717, 1.165) is 0 Å². The SMILES string of the molecule is C#CC1CC(=O)N(c2cc(Cl)cc(C#N)c2)C1. The average molecular weight is 245 g/mol. The van der Waals surface area contributed by atoms with Crippen LogP contribution >= 0.6 is 11.6 Å². The van der Waals surface area contributed by atoms with Gasteiger partial charge in [0.25, 0.3) is 0 Å². The molecule has 1 aromatic carbocycles. The van der Waals surface area contributed by atoms with Crippen LogP contribution in [0.15, 0.2) is 18.2 Å². The van der Waals surface area contributed by atoms with Crippen LogP contribution in [0.5, 0.6) is 0 Å². The molecule has 0 aliphatic carbocycles. The Morgan fingerprint density at radius 1 is 1.47 bits per heavy atom. The number of halogens is 1. The van der Waals surface area contributed by atoms with Gasteiger partial charge in [0.1, 0.15) is 0 Å². The van der Waals surface area contributed by atoms with Gasteiger partial charge in [-0.05, 0) is 18.2 Å². The number of terminal acetylenes is 1. The highest BCUT2D eigenvalue weighted by atomic mass is 35.5. The fourth-order valence-corrected chi connectivity index (χ4v) is 2.09. The van der Waals surface area contributed by atoms with Crippen molar-refractivity contribution >= 4 is 23.2 Å². The summed E-state index contributed by atoms with van der Waals surface area (Å²) in [5, 5.41) is 9.29. The lowest BCUT2D eigenvalue weighted by Gasteiger charge is -2.16. The standard InChI is InChI=1S/C13H9ClN2O/c1-2-9-5-13(17)16(8-9)12-4-10(7-15)3-11(14)6-12/h1,3-4,6,9H,5,8H2. The highest BCUT2D eigenvalue weighted by Gasteiger charge is 2.29. The molecule has 0 saturated carbocycles. The smallest absolute Gasteiger partial charge is 0.228 e. The number of benzene rings is 1. The second kappa shape index (κ2) is 4.49. The molecule has 0 aromatic heterocycles. The van der Waals surface area contributed by atoms with E-state index in [9.17, 15) is 4.79 Å². The quantitative estimate of drug-likeness (QED) is 0.711. The van der Waals surface area contributed by atoms with Gasteiger partial charge in [-0.25, -0.2) is 0 Å². The van der Waals surface area contributed by atoms with Crippen molar-refractivity contribution in [3.05, 3.63) is 28.8 Å². The Balaban J connectivity index is 2.36. The van der Waals surface area contributed by atoms with Crippen LogP contribution < -0.4 is 4.90 Å². The van der Waals surface area contributed by atoms with Gasteiger partial charge in [-0.2, -0.15) is 5.26 Å². The first-order valence-corrected chi connectivity index (χ1v) is 5.49. The number of carbonyl (C=O) groups excluding carboxylic acids is 1. The minimum atomic E-state index is -0.0629. The van der Waals surface area contributed by atoms with Gasteiger partial charge in [0.15, 0.2) is 0 Å². The predicted octanol–water partition coefficient (Wildman–Crippen LogP) is 2.20. The van der Waals surface area contributed by atoms with E-state index >= 15 is 0 Å². The van der Waals surface area contributed by atoms with Gasteiger partial charge in [-0.1, -0.05) is 11.6 Å². The summed E-state index contributed by atoms with van der Waals surface area (Å²) in [6, 6.07) is 6.88. The number of hydrogen-bond acceptors (Lipinski definition) is 2. The van der Waals surface area contributed by atoms with Crippen molar-refractivity contribution in [3.8, 4) is 18.4 Å². The first kappa shape index (κ1) is 11.5. The van der Waals surface area contributed by atoms with Crippen LogP contribution in [0.2, 0.25) is 5.02 Å². The van der Waals surface area contributed by atoms with E-state index in [4.69, 9.17) is 23.3 Å². The summed E-state index contributed by atoms with van der Waals surface area (Å²) < 4.78 is 0. The lowest BCUT2D eigenvalue weighted by Crippen LogP contribution is -2.24. The summed E-state index contributed by atoms with van der Waals surface area (Å²) in [5.74, 6) is 2.49. The van der Waals surface area contributed by atoms with E-state index in [1.54, 1.807) is 23.1 Å². The van der Waals surface area contributed by atoms with Crippen molar-refractivity contribution in [2.24, 2.45) is 5.92 Å². The maximum Gasteiger partial charge on any atom is 0.228 e. The van der Waals surface area contributed by atoms with Crippen molar-refractivity contribution in [3.63, 3.8) is 0 Å². The second-order valence-corrected chi connectivity index (χ2v) is 4.32. The van der Waals surface area contributed by atoms with E-state index in [2.05, 4.69) is 5.92 Å². The van der Waals surface area contributed by atoms with Crippen molar-refractivity contribution in [1.29, 1.82) is 5.26 Å². The van der Waals surface area contributed by atoms with E-state index in [1.807, 2.05) is 6.07 Å². The van der Waals surface area contributed by atoms with Gasteiger partial charge in [0, 0.05) is 29.6 Å². The number of nitriles is 1. The Labute approximate surface area is 105 Å².